The van der Waals surface area contributed by atoms with E-state index in [1.54, 1.807) is 180 Å². The summed E-state index contributed by atoms with van der Waals surface area (Å²) in [7, 11) is 0. The van der Waals surface area contributed by atoms with Crippen LogP contribution in [0.3, 0.4) is 0 Å². The zero-order valence-corrected chi connectivity index (χ0v) is 91.2. The highest BCUT2D eigenvalue weighted by Crippen LogP contribution is 2.28. The van der Waals surface area contributed by atoms with Gasteiger partial charge in [-0.25, -0.2) is 19.2 Å². The van der Waals surface area contributed by atoms with Gasteiger partial charge in [-0.2, -0.15) is 0 Å². The maximum absolute atomic E-state index is 11.0. The third kappa shape index (κ3) is 50.4. The minimum atomic E-state index is -1.24. The average molecular weight is 2540 g/mol. The van der Waals surface area contributed by atoms with Crippen LogP contribution in [0, 0.1) is 34.6 Å². The summed E-state index contributed by atoms with van der Waals surface area (Å²) in [6.45, 7) is 10.0. The Morgan fingerprint density at radius 2 is 0.588 bits per heavy atom. The number of carbonyl (C=O) groups is 14. The van der Waals surface area contributed by atoms with Gasteiger partial charge in [0.1, 0.15) is 0 Å². The molecule has 0 bridgehead atoms. The van der Waals surface area contributed by atoms with Crippen LogP contribution in [0.4, 0.5) is 0 Å². The van der Waals surface area contributed by atoms with E-state index < -0.39 is 101 Å². The quantitative estimate of drug-likeness (QED) is 0.0735. The van der Waals surface area contributed by atoms with Crippen LogP contribution in [-0.4, -0.2) is 104 Å². The topological polar surface area (TPSA) is 620 Å². The molecule has 4 N–H and O–H groups in total. The van der Waals surface area contributed by atoms with Crippen LogP contribution in [0.1, 0.15) is 180 Å². The van der Waals surface area contributed by atoms with Gasteiger partial charge < -0.3 is 130 Å². The zero-order chi connectivity index (χ0) is 113. The maximum Gasteiger partial charge on any atom is 0.335 e. The van der Waals surface area contributed by atoms with Gasteiger partial charge in [0.05, 0.1) is 76.0 Å². The molecular formula is C104H70Br6Cl7O31-13. The summed E-state index contributed by atoms with van der Waals surface area (Å²) >= 11 is 57.4. The molecule has 0 heterocycles. The summed E-state index contributed by atoms with van der Waals surface area (Å²) in [5, 5.41) is 173. The van der Waals surface area contributed by atoms with Gasteiger partial charge in [0, 0.05) is 101 Å². The molecule has 0 aliphatic carbocycles. The second kappa shape index (κ2) is 68.4. The van der Waals surface area contributed by atoms with Gasteiger partial charge in [0.2, 0.25) is 0 Å². The molecule has 31 nitrogen and oxygen atoms in total. The van der Waals surface area contributed by atoms with Crippen LogP contribution in [0.15, 0.2) is 318 Å². The maximum atomic E-state index is 11.0. The van der Waals surface area contributed by atoms with Crippen LogP contribution in [0.25, 0.3) is 0 Å². The smallest absolute Gasteiger partial charge is 0.335 e. The number of para-hydroxylation sites is 1. The first-order chi connectivity index (χ1) is 69.2. The highest BCUT2D eigenvalue weighted by atomic mass is 79.9. The lowest BCUT2D eigenvalue weighted by Gasteiger charge is -2.10. The van der Waals surface area contributed by atoms with E-state index in [1.165, 1.54) is 146 Å². The van der Waals surface area contributed by atoms with Crippen LogP contribution >= 0.6 is 177 Å². The van der Waals surface area contributed by atoms with Crippen LogP contribution in [0.5, 0.6) is 23.0 Å². The van der Waals surface area contributed by atoms with Gasteiger partial charge in [0.25, 0.3) is 0 Å². The third-order valence-electron chi connectivity index (χ3n) is 17.4. The number of hydrogen-bond donors (Lipinski definition) is 4. The molecule has 0 amide bonds. The summed E-state index contributed by atoms with van der Waals surface area (Å²) < 4.78 is 3.63. The molecule has 0 atom stereocenters. The molecule has 0 aromatic heterocycles. The number of aromatic carboxylic acids is 13. The van der Waals surface area contributed by atoms with E-state index in [1.807, 2.05) is 0 Å². The van der Waals surface area contributed by atoms with Gasteiger partial charge >= 0.3 is 23.9 Å². The molecule has 776 valence electrons. The SMILES string of the molecule is CC(=O)c1ccc(Cl)cc1.Cc1c(Cl)cccc1C(=O)[O-].Cc1ccc(Cl)cc1C(=O)[O-].Cc1cccc(Br)c1C(=O)[O-].Cc1cccc(Cl)c1C(=O)[O-].Cc1ccccc1C(=O)[O-].O=C(O)c1cc(Br)ccc1[O-].O=C(O)c1ccc(Br)cc1[O-].O=C(O)c1ccc(Cl)cc1[O-].O=C(O)c1cccc(Br)c1[O-].O=C([O-])c1ccc(Br)cc1.O=C([O-])c1cccc(Br)c1.O=C([O-])c1cccc(Cl)c1.O=C([O-])c1ccccc1Cl. The molecule has 0 unspecified atom stereocenters. The van der Waals surface area contributed by atoms with Crippen LogP contribution < -0.4 is 66.4 Å². The van der Waals surface area contributed by atoms with Gasteiger partial charge in [-0.1, -0.05) is 345 Å². The Morgan fingerprint density at radius 3 is 0.980 bits per heavy atom. The Labute approximate surface area is 929 Å². The van der Waals surface area contributed by atoms with Gasteiger partial charge in [-0.3, -0.25) is 4.79 Å². The number of ketones is 1. The van der Waals surface area contributed by atoms with E-state index in [4.69, 9.17) is 102 Å². The van der Waals surface area contributed by atoms with Crippen molar-refractivity contribution in [2.24, 2.45) is 0 Å². The lowest BCUT2D eigenvalue weighted by atomic mass is 10.1. The molecule has 148 heavy (non-hydrogen) atoms. The fourth-order valence-electron chi connectivity index (χ4n) is 10.0. The first kappa shape index (κ1) is 132. The first-order valence-corrected chi connectivity index (χ1v) is 47.6. The molecule has 0 fully saturated rings. The van der Waals surface area contributed by atoms with Crippen molar-refractivity contribution in [1.29, 1.82) is 0 Å². The number of benzene rings is 14. The Hall–Kier alpha value is -14.0. The second-order valence-corrected chi connectivity index (χ2v) is 36.3. The summed E-state index contributed by atoms with van der Waals surface area (Å²) in [5.74, 6) is -17.4. The summed E-state index contributed by atoms with van der Waals surface area (Å²) in [6.07, 6.45) is 0. The molecule has 0 saturated carbocycles. The van der Waals surface area contributed by atoms with Gasteiger partial charge in [0.15, 0.2) is 5.78 Å². The molecule has 0 saturated heterocycles. The molecule has 0 aliphatic heterocycles. The Bertz CT molecular complexity index is 6540. The first-order valence-electron chi connectivity index (χ1n) is 40.2. The van der Waals surface area contributed by atoms with E-state index in [0.717, 1.165) is 20.6 Å². The van der Waals surface area contributed by atoms with Gasteiger partial charge in [-0.15, -0.1) is 0 Å². The van der Waals surface area contributed by atoms with Crippen molar-refractivity contribution in [1.82, 2.24) is 0 Å². The van der Waals surface area contributed by atoms with E-state index >= 15 is 0 Å². The minimum Gasteiger partial charge on any atom is -0.872 e. The fraction of sp³-hybridized carbons (Fsp3) is 0.0577. The fourth-order valence-corrected chi connectivity index (χ4v) is 13.7. The molecule has 0 radical (unpaired) electrons. The van der Waals surface area contributed by atoms with Gasteiger partial charge in [-0.05, 0) is 232 Å². The molecule has 14 rings (SSSR count). The lowest BCUT2D eigenvalue weighted by Crippen LogP contribution is -2.23. The number of Topliss-reactive ketones (excluding diaryl/α,β-unsaturated/α-hetero) is 1. The molecule has 44 heteroatoms. The van der Waals surface area contributed by atoms with E-state index in [2.05, 4.69) is 95.6 Å². The normalized spacial score (nSPS) is 9.48. The highest BCUT2D eigenvalue weighted by molar-refractivity contribution is 9.11. The van der Waals surface area contributed by atoms with E-state index in [0.29, 0.717) is 61.3 Å². The number of rotatable bonds is 14. The van der Waals surface area contributed by atoms with Crippen molar-refractivity contribution in [3.63, 3.8) is 0 Å². The average Bonchev–Trinajstić information content (AvgIpc) is 0.839. The summed E-state index contributed by atoms with van der Waals surface area (Å²) in [4.78, 5) is 145. The largest absolute Gasteiger partial charge is 0.872 e. The lowest BCUT2D eigenvalue weighted by molar-refractivity contribution is -0.270. The van der Waals surface area contributed by atoms with Crippen molar-refractivity contribution in [3.8, 4) is 23.0 Å². The molecule has 14 aromatic carbocycles. The molecule has 0 aliphatic rings. The van der Waals surface area contributed by atoms with Crippen LogP contribution in [-0.2, 0) is 0 Å². The third-order valence-corrected chi connectivity index (χ3v) is 22.7. The number of carboxylic acid groups (broad SMARTS) is 13. The highest BCUT2D eigenvalue weighted by Gasteiger charge is 2.11. The Balaban J connectivity index is 0.000000797. The number of carbonyl (C=O) groups excluding carboxylic acids is 10. The van der Waals surface area contributed by atoms with Crippen molar-refractivity contribution in [2.75, 3.05) is 0 Å². The van der Waals surface area contributed by atoms with Crippen LogP contribution in [0.2, 0.25) is 35.2 Å². The van der Waals surface area contributed by atoms with Crippen molar-refractivity contribution >= 4 is 260 Å². The summed E-state index contributed by atoms with van der Waals surface area (Å²) in [5.41, 5.74) is 4.50. The zero-order valence-electron chi connectivity index (χ0n) is 76.4. The van der Waals surface area contributed by atoms with Crippen molar-refractivity contribution < 1.29 is 154 Å². The number of carboxylic acids is 13. The Kier molecular flexibility index (Phi) is 61.0. The number of halogens is 13. The molecular weight excluding hydrogens is 2470 g/mol. The van der Waals surface area contributed by atoms with E-state index in [-0.39, 0.29) is 97.6 Å². The predicted molar refractivity (Wildman–Crippen MR) is 550 cm³/mol. The van der Waals surface area contributed by atoms with Crippen molar-refractivity contribution in [3.05, 3.63) is 459 Å². The predicted octanol–water partition coefficient (Wildman–Crippen LogP) is 14.9. The number of aryl methyl sites for hydroxylation is 4. The number of hydrogen-bond acceptors (Lipinski definition) is 27. The Morgan fingerprint density at radius 1 is 0.230 bits per heavy atom. The van der Waals surface area contributed by atoms with Crippen molar-refractivity contribution in [2.45, 2.75) is 41.5 Å². The summed E-state index contributed by atoms with van der Waals surface area (Å²) in [6, 6.07) is 73.8. The molecule has 14 aromatic rings. The second-order valence-electron chi connectivity index (χ2n) is 28.0. The molecule has 0 spiro atoms. The monoisotopic (exact) mass is 2530 g/mol. The standard InChI is InChI=1S/C8H7BrO2.3C8H7ClO2.C8H7ClO.C8H8O2.3C7H5BrO3.2C7H5BrO2.C7H5ClO3.2C7H5ClO2/c1-5-3-2-4-6(9)7(5)8(10)11;1-5-2-3-6(9)4-7(5)8(10)11;1-5-6(8(10)11)3-2-4-7(5)9;1-5-3-2-4-6(9)7(5)8(10)11;1-6(10)7-2-4-8(9)5-3-7;1-6-4-2-3-5-7(6)8(9)10;8-4-1-2-6(9)5(3-4)7(10)11;8-4-1-2-5(7(10)11)6(9)3-4;8-5-3-1-2-4(6(5)9)7(10)11;8-6-3-1-5(2-4-6)7(9)10;8-6-3-1-2-5(4-6)7(9)10;8-4-1-2-5(7(10)11)6(9)3-4;8-6-3-1-2-5(4-6)7(9)10;8-6-4-2-1-3-5(6)7(9)10/h4*2-4H,1H3,(H,10,11);2-5H,1H3;2-5H,1H3,(H,9,10);3*1-3,9H,(H,10,11);2*1-4H,(H,9,10);1-3,9H,(H,10,11);2*1-4H,(H,9,10)/p-13. The minimum absolute atomic E-state index is 0.0316. The van der Waals surface area contributed by atoms with E-state index in [9.17, 15) is 134 Å².